The third kappa shape index (κ3) is 3.21. The van der Waals surface area contributed by atoms with Crippen LogP contribution >= 0.6 is 0 Å². The Bertz CT molecular complexity index is 733. The third-order valence-corrected chi connectivity index (χ3v) is 5.01. The summed E-state index contributed by atoms with van der Waals surface area (Å²) in [5.41, 5.74) is 1.16. The molecule has 0 radical (unpaired) electrons. The van der Waals surface area contributed by atoms with Crippen molar-refractivity contribution >= 4 is 17.7 Å². The lowest BCUT2D eigenvalue weighted by Gasteiger charge is -2.22. The molecule has 0 aromatic heterocycles. The van der Waals surface area contributed by atoms with Crippen LogP contribution in [-0.4, -0.2) is 28.7 Å². The monoisotopic (exact) mass is 344 g/mol. The number of rotatable bonds is 4. The SMILES string of the molecule is Cc1ccc(CNC(=O)[C@H](C)N2C(=O)C3CC=CCC3C2=O)cc1F. The Balaban J connectivity index is 1.65. The number of likely N-dealkylation sites (tertiary alicyclic amines) is 1. The van der Waals surface area contributed by atoms with Gasteiger partial charge in [-0.15, -0.1) is 0 Å². The highest BCUT2D eigenvalue weighted by Crippen LogP contribution is 2.36. The van der Waals surface area contributed by atoms with E-state index in [9.17, 15) is 18.8 Å². The number of allylic oxidation sites excluding steroid dienone is 2. The molecule has 3 atom stereocenters. The molecular weight excluding hydrogens is 323 g/mol. The number of imide groups is 1. The van der Waals surface area contributed by atoms with Crippen molar-refractivity contribution in [2.75, 3.05) is 0 Å². The van der Waals surface area contributed by atoms with Gasteiger partial charge in [-0.25, -0.2) is 4.39 Å². The quantitative estimate of drug-likeness (QED) is 0.672. The second-order valence-corrected chi connectivity index (χ2v) is 6.68. The van der Waals surface area contributed by atoms with Crippen LogP contribution in [0.25, 0.3) is 0 Å². The van der Waals surface area contributed by atoms with Crippen molar-refractivity contribution in [2.45, 2.75) is 39.3 Å². The Labute approximate surface area is 145 Å². The van der Waals surface area contributed by atoms with Gasteiger partial charge in [-0.2, -0.15) is 0 Å². The highest BCUT2D eigenvalue weighted by atomic mass is 19.1. The first kappa shape index (κ1) is 17.3. The fourth-order valence-corrected chi connectivity index (χ4v) is 3.41. The van der Waals surface area contributed by atoms with E-state index in [1.807, 2.05) is 12.2 Å². The average molecular weight is 344 g/mol. The van der Waals surface area contributed by atoms with Crippen LogP contribution in [0.5, 0.6) is 0 Å². The molecule has 2 aliphatic rings. The first-order valence-corrected chi connectivity index (χ1v) is 8.44. The second-order valence-electron chi connectivity index (χ2n) is 6.68. The van der Waals surface area contributed by atoms with E-state index in [0.29, 0.717) is 24.0 Å². The predicted molar refractivity (Wildman–Crippen MR) is 89.7 cm³/mol. The lowest BCUT2D eigenvalue weighted by Crippen LogP contribution is -2.48. The zero-order valence-electron chi connectivity index (χ0n) is 14.3. The number of hydrogen-bond acceptors (Lipinski definition) is 3. The van der Waals surface area contributed by atoms with E-state index in [4.69, 9.17) is 0 Å². The Kier molecular flexibility index (Phi) is 4.70. The minimum absolute atomic E-state index is 0.144. The molecule has 1 heterocycles. The van der Waals surface area contributed by atoms with Gasteiger partial charge in [0.25, 0.3) is 0 Å². The maximum atomic E-state index is 13.6. The lowest BCUT2D eigenvalue weighted by atomic mass is 9.85. The summed E-state index contributed by atoms with van der Waals surface area (Å²) in [6.45, 7) is 3.36. The van der Waals surface area contributed by atoms with Crippen LogP contribution in [0.3, 0.4) is 0 Å². The number of fused-ring (bicyclic) bond motifs is 1. The Hall–Kier alpha value is -2.50. The molecule has 1 aliphatic carbocycles. The maximum Gasteiger partial charge on any atom is 0.243 e. The minimum Gasteiger partial charge on any atom is -0.350 e. The standard InChI is InChI=1S/C19H21FN2O3/c1-11-7-8-13(9-16(11)20)10-21-17(23)12(2)22-18(24)14-5-3-4-6-15(14)19(22)25/h3-4,7-9,12,14-15H,5-6,10H2,1-2H3,(H,21,23)/t12-,14?,15?/m0/s1. The summed E-state index contributed by atoms with van der Waals surface area (Å²) < 4.78 is 13.6. The lowest BCUT2D eigenvalue weighted by molar-refractivity contribution is -0.147. The van der Waals surface area contributed by atoms with Gasteiger partial charge >= 0.3 is 0 Å². The van der Waals surface area contributed by atoms with Gasteiger partial charge in [0.05, 0.1) is 11.8 Å². The Morgan fingerprint density at radius 3 is 2.40 bits per heavy atom. The minimum atomic E-state index is -0.874. The molecule has 5 nitrogen and oxygen atoms in total. The number of hydrogen-bond donors (Lipinski definition) is 1. The van der Waals surface area contributed by atoms with Crippen molar-refractivity contribution in [1.29, 1.82) is 0 Å². The number of amides is 3. The fraction of sp³-hybridized carbons (Fsp3) is 0.421. The third-order valence-electron chi connectivity index (χ3n) is 5.01. The number of halogens is 1. The van der Waals surface area contributed by atoms with E-state index in [1.165, 1.54) is 6.07 Å². The van der Waals surface area contributed by atoms with E-state index in [-0.39, 0.29) is 36.0 Å². The van der Waals surface area contributed by atoms with Crippen molar-refractivity contribution in [3.8, 4) is 0 Å². The van der Waals surface area contributed by atoms with Crippen LogP contribution in [0.15, 0.2) is 30.4 Å². The van der Waals surface area contributed by atoms with Gasteiger partial charge < -0.3 is 5.32 Å². The van der Waals surface area contributed by atoms with Crippen LogP contribution < -0.4 is 5.32 Å². The highest BCUT2D eigenvalue weighted by molar-refractivity contribution is 6.08. The van der Waals surface area contributed by atoms with Gasteiger partial charge in [-0.3, -0.25) is 19.3 Å². The van der Waals surface area contributed by atoms with Crippen molar-refractivity contribution in [3.05, 3.63) is 47.3 Å². The van der Waals surface area contributed by atoms with Crippen molar-refractivity contribution in [2.24, 2.45) is 11.8 Å². The summed E-state index contributed by atoms with van der Waals surface area (Å²) in [7, 11) is 0. The van der Waals surface area contributed by atoms with Crippen LogP contribution in [0.2, 0.25) is 0 Å². The van der Waals surface area contributed by atoms with Gasteiger partial charge in [-0.1, -0.05) is 24.3 Å². The van der Waals surface area contributed by atoms with Gasteiger partial charge in [0, 0.05) is 6.54 Å². The molecule has 1 aliphatic heterocycles. The van der Waals surface area contributed by atoms with E-state index >= 15 is 0 Å². The molecule has 1 fully saturated rings. The topological polar surface area (TPSA) is 66.5 Å². The number of carbonyl (C=O) groups is 3. The van der Waals surface area contributed by atoms with E-state index in [0.717, 1.165) is 4.90 Å². The molecular formula is C19H21FN2O3. The molecule has 1 aromatic rings. The number of aryl methyl sites for hydroxylation is 1. The van der Waals surface area contributed by atoms with E-state index in [1.54, 1.807) is 26.0 Å². The van der Waals surface area contributed by atoms with Gasteiger partial charge in [0.15, 0.2) is 0 Å². The molecule has 0 bridgehead atoms. The smallest absolute Gasteiger partial charge is 0.243 e. The largest absolute Gasteiger partial charge is 0.350 e. The van der Waals surface area contributed by atoms with Crippen LogP contribution in [0.4, 0.5) is 4.39 Å². The normalized spacial score (nSPS) is 23.6. The number of carbonyl (C=O) groups excluding carboxylic acids is 3. The molecule has 3 rings (SSSR count). The molecule has 6 heteroatoms. The molecule has 3 amide bonds. The zero-order valence-corrected chi connectivity index (χ0v) is 14.3. The predicted octanol–water partition coefficient (Wildman–Crippen LogP) is 2.09. The van der Waals surface area contributed by atoms with E-state index < -0.39 is 11.9 Å². The summed E-state index contributed by atoms with van der Waals surface area (Å²) >= 11 is 0. The molecule has 0 spiro atoms. The molecule has 1 saturated heterocycles. The zero-order chi connectivity index (χ0) is 18.1. The van der Waals surface area contributed by atoms with Gasteiger partial charge in [0.1, 0.15) is 11.9 Å². The van der Waals surface area contributed by atoms with Gasteiger partial charge in [-0.05, 0) is 43.9 Å². The Morgan fingerprint density at radius 1 is 1.24 bits per heavy atom. The maximum absolute atomic E-state index is 13.6. The van der Waals surface area contributed by atoms with Crippen LogP contribution in [-0.2, 0) is 20.9 Å². The summed E-state index contributed by atoms with van der Waals surface area (Å²) in [4.78, 5) is 38.5. The molecule has 132 valence electrons. The number of nitrogens with zero attached hydrogens (tertiary/aromatic N) is 1. The fourth-order valence-electron chi connectivity index (χ4n) is 3.41. The molecule has 1 aromatic carbocycles. The van der Waals surface area contributed by atoms with Crippen molar-refractivity contribution in [3.63, 3.8) is 0 Å². The van der Waals surface area contributed by atoms with Crippen LogP contribution in [0, 0.1) is 24.6 Å². The molecule has 1 N–H and O–H groups in total. The molecule has 0 saturated carbocycles. The highest BCUT2D eigenvalue weighted by Gasteiger charge is 2.49. The molecule has 2 unspecified atom stereocenters. The molecule has 25 heavy (non-hydrogen) atoms. The van der Waals surface area contributed by atoms with E-state index in [2.05, 4.69) is 5.32 Å². The summed E-state index contributed by atoms with van der Waals surface area (Å²) in [6.07, 6.45) is 4.91. The van der Waals surface area contributed by atoms with Gasteiger partial charge in [0.2, 0.25) is 17.7 Å². The summed E-state index contributed by atoms with van der Waals surface area (Å²) in [6, 6.07) is 3.87. The van der Waals surface area contributed by atoms with Crippen molar-refractivity contribution in [1.82, 2.24) is 10.2 Å². The Morgan fingerprint density at radius 2 is 1.84 bits per heavy atom. The van der Waals surface area contributed by atoms with Crippen LogP contribution in [0.1, 0.15) is 30.9 Å². The first-order valence-electron chi connectivity index (χ1n) is 8.44. The number of benzene rings is 1. The first-order chi connectivity index (χ1) is 11.9. The number of nitrogens with one attached hydrogen (secondary N) is 1. The van der Waals surface area contributed by atoms with Crippen molar-refractivity contribution < 1.29 is 18.8 Å². The second kappa shape index (κ2) is 6.78. The summed E-state index contributed by atoms with van der Waals surface area (Å²) in [5, 5.41) is 2.68. The summed E-state index contributed by atoms with van der Waals surface area (Å²) in [5.74, 6) is -2.00. The average Bonchev–Trinajstić information content (AvgIpc) is 2.86.